The summed E-state index contributed by atoms with van der Waals surface area (Å²) in [5.74, 6) is -0.665. The van der Waals surface area contributed by atoms with Crippen LogP contribution in [0.4, 0.5) is 0 Å². The molecule has 1 atom stereocenters. The molecule has 162 valence electrons. The smallest absolute Gasteiger partial charge is 0.308 e. The van der Waals surface area contributed by atoms with Crippen LogP contribution in [0.1, 0.15) is 37.6 Å². The predicted octanol–water partition coefficient (Wildman–Crippen LogP) is 5.86. The number of nitrogens with one attached hydrogen (secondary N) is 1. The van der Waals surface area contributed by atoms with Crippen LogP contribution < -0.4 is 5.32 Å². The van der Waals surface area contributed by atoms with Gasteiger partial charge in [0.05, 0.1) is 30.7 Å². The van der Waals surface area contributed by atoms with Gasteiger partial charge in [-0.2, -0.15) is 0 Å². The first-order chi connectivity index (χ1) is 14.8. The number of esters is 1. The summed E-state index contributed by atoms with van der Waals surface area (Å²) in [6.07, 6.45) is -0.176. The van der Waals surface area contributed by atoms with Gasteiger partial charge in [-0.3, -0.25) is 9.59 Å². The molecule has 0 fully saturated rings. The quantitative estimate of drug-likeness (QED) is 0.413. The standard InChI is InChI=1S/C23H22Cl2N2O3S/c1-14(2)30-22(29)12-20(18-8-3-4-9-19(18)25)27-21(28)11-17-13-31-23(26-17)15-6-5-7-16(24)10-15/h3-10,13-14,20H,11-12H2,1-2H3,(H,27,28). The average Bonchev–Trinajstić information content (AvgIpc) is 3.15. The van der Waals surface area contributed by atoms with Gasteiger partial charge in [-0.25, -0.2) is 4.98 Å². The van der Waals surface area contributed by atoms with Crippen molar-refractivity contribution < 1.29 is 14.3 Å². The van der Waals surface area contributed by atoms with Gasteiger partial charge in [0.25, 0.3) is 0 Å². The Balaban J connectivity index is 1.72. The summed E-state index contributed by atoms with van der Waals surface area (Å²) in [4.78, 5) is 29.5. The van der Waals surface area contributed by atoms with Gasteiger partial charge in [-0.15, -0.1) is 11.3 Å². The second kappa shape index (κ2) is 10.8. The van der Waals surface area contributed by atoms with Crippen LogP contribution in [0.3, 0.4) is 0 Å². The van der Waals surface area contributed by atoms with Gasteiger partial charge in [-0.1, -0.05) is 53.5 Å². The number of ether oxygens (including phenoxy) is 1. The molecule has 1 amide bonds. The molecule has 0 radical (unpaired) electrons. The first-order valence-electron chi connectivity index (χ1n) is 9.75. The first kappa shape index (κ1) is 23.3. The van der Waals surface area contributed by atoms with Gasteiger partial charge in [0, 0.05) is 21.0 Å². The lowest BCUT2D eigenvalue weighted by Gasteiger charge is -2.20. The van der Waals surface area contributed by atoms with Crippen molar-refractivity contribution in [2.45, 2.75) is 38.8 Å². The second-order valence-electron chi connectivity index (χ2n) is 7.22. The Labute approximate surface area is 195 Å². The van der Waals surface area contributed by atoms with Crippen molar-refractivity contribution in [3.8, 4) is 10.6 Å². The molecule has 3 rings (SSSR count). The molecule has 3 aromatic rings. The van der Waals surface area contributed by atoms with Gasteiger partial charge in [0.15, 0.2) is 0 Å². The van der Waals surface area contributed by atoms with Crippen LogP contribution in [0.25, 0.3) is 10.6 Å². The van der Waals surface area contributed by atoms with Crippen molar-refractivity contribution >= 4 is 46.4 Å². The maximum Gasteiger partial charge on any atom is 0.308 e. The van der Waals surface area contributed by atoms with Crippen LogP contribution in [0.15, 0.2) is 53.9 Å². The van der Waals surface area contributed by atoms with Crippen LogP contribution >= 0.6 is 34.5 Å². The molecule has 1 heterocycles. The highest BCUT2D eigenvalue weighted by Crippen LogP contribution is 2.28. The van der Waals surface area contributed by atoms with E-state index in [1.807, 2.05) is 29.6 Å². The molecule has 0 saturated heterocycles. The summed E-state index contributed by atoms with van der Waals surface area (Å²) < 4.78 is 5.25. The number of benzene rings is 2. The SMILES string of the molecule is CC(C)OC(=O)CC(NC(=O)Cc1csc(-c2cccc(Cl)c2)n1)c1ccccc1Cl. The van der Waals surface area contributed by atoms with E-state index in [-0.39, 0.29) is 24.9 Å². The third-order valence-electron chi connectivity index (χ3n) is 4.32. The lowest BCUT2D eigenvalue weighted by atomic mass is 10.0. The van der Waals surface area contributed by atoms with Crippen molar-refractivity contribution in [1.82, 2.24) is 10.3 Å². The molecule has 0 aliphatic heterocycles. The summed E-state index contributed by atoms with van der Waals surface area (Å²) in [6.45, 7) is 3.56. The Morgan fingerprint density at radius 3 is 2.61 bits per heavy atom. The molecular formula is C23H22Cl2N2O3S. The highest BCUT2D eigenvalue weighted by Gasteiger charge is 2.22. The number of nitrogens with zero attached hydrogens (tertiary/aromatic N) is 1. The molecule has 1 aromatic heterocycles. The van der Waals surface area contributed by atoms with E-state index in [4.69, 9.17) is 27.9 Å². The van der Waals surface area contributed by atoms with Crippen LogP contribution in [0.2, 0.25) is 10.0 Å². The molecule has 2 aromatic carbocycles. The Bertz CT molecular complexity index is 1070. The van der Waals surface area contributed by atoms with E-state index < -0.39 is 12.0 Å². The third kappa shape index (κ3) is 6.79. The highest BCUT2D eigenvalue weighted by molar-refractivity contribution is 7.13. The Morgan fingerprint density at radius 1 is 1.13 bits per heavy atom. The van der Waals surface area contributed by atoms with Gasteiger partial charge in [-0.05, 0) is 37.6 Å². The van der Waals surface area contributed by atoms with Crippen LogP contribution in [-0.4, -0.2) is 23.0 Å². The van der Waals surface area contributed by atoms with E-state index in [1.165, 1.54) is 11.3 Å². The van der Waals surface area contributed by atoms with E-state index in [0.29, 0.717) is 21.3 Å². The molecule has 5 nitrogen and oxygen atoms in total. The summed E-state index contributed by atoms with van der Waals surface area (Å²) in [7, 11) is 0. The third-order valence-corrected chi connectivity index (χ3v) is 5.84. The summed E-state index contributed by atoms with van der Waals surface area (Å²) in [5.41, 5.74) is 2.20. The fourth-order valence-electron chi connectivity index (χ4n) is 3.03. The summed E-state index contributed by atoms with van der Waals surface area (Å²) in [5, 5.41) is 6.63. The summed E-state index contributed by atoms with van der Waals surface area (Å²) in [6, 6.07) is 13.9. The van der Waals surface area contributed by atoms with Gasteiger partial charge in [0.2, 0.25) is 5.91 Å². The second-order valence-corrected chi connectivity index (χ2v) is 8.92. The topological polar surface area (TPSA) is 68.3 Å². The van der Waals surface area contributed by atoms with E-state index >= 15 is 0 Å². The van der Waals surface area contributed by atoms with Crippen molar-refractivity contribution in [1.29, 1.82) is 0 Å². The van der Waals surface area contributed by atoms with Gasteiger partial charge in [0.1, 0.15) is 5.01 Å². The van der Waals surface area contributed by atoms with Gasteiger partial charge >= 0.3 is 5.97 Å². The fourth-order valence-corrected chi connectivity index (χ4v) is 4.30. The lowest BCUT2D eigenvalue weighted by molar-refractivity contribution is -0.148. The number of thiazole rings is 1. The van der Waals surface area contributed by atoms with Crippen molar-refractivity contribution in [2.24, 2.45) is 0 Å². The largest absolute Gasteiger partial charge is 0.463 e. The molecule has 0 bridgehead atoms. The number of hydrogen-bond donors (Lipinski definition) is 1. The van der Waals surface area contributed by atoms with Gasteiger partial charge < -0.3 is 10.1 Å². The number of hydrogen-bond acceptors (Lipinski definition) is 5. The number of rotatable bonds is 8. The van der Waals surface area contributed by atoms with Crippen LogP contribution in [0, 0.1) is 0 Å². The Hall–Kier alpha value is -2.41. The van der Waals surface area contributed by atoms with E-state index in [9.17, 15) is 9.59 Å². The normalized spacial score (nSPS) is 11.9. The van der Waals surface area contributed by atoms with E-state index in [0.717, 1.165) is 10.6 Å². The van der Waals surface area contributed by atoms with Crippen molar-refractivity contribution in [2.75, 3.05) is 0 Å². The molecule has 0 saturated carbocycles. The summed E-state index contributed by atoms with van der Waals surface area (Å²) >= 11 is 13.8. The minimum absolute atomic E-state index is 0.0154. The molecule has 0 aliphatic rings. The van der Waals surface area contributed by atoms with Crippen LogP contribution in [-0.2, 0) is 20.7 Å². The highest BCUT2D eigenvalue weighted by atomic mass is 35.5. The Morgan fingerprint density at radius 2 is 1.90 bits per heavy atom. The predicted molar refractivity (Wildman–Crippen MR) is 124 cm³/mol. The minimum atomic E-state index is -0.599. The number of carbonyl (C=O) groups excluding carboxylic acids is 2. The number of aromatic nitrogens is 1. The molecule has 31 heavy (non-hydrogen) atoms. The molecule has 0 aliphatic carbocycles. The number of carbonyl (C=O) groups is 2. The fraction of sp³-hybridized carbons (Fsp3) is 0.261. The Kier molecular flexibility index (Phi) is 8.07. The molecule has 1 unspecified atom stereocenters. The van der Waals surface area contributed by atoms with Crippen LogP contribution in [0.5, 0.6) is 0 Å². The maximum atomic E-state index is 12.7. The zero-order valence-electron chi connectivity index (χ0n) is 17.1. The van der Waals surface area contributed by atoms with Crippen molar-refractivity contribution in [3.63, 3.8) is 0 Å². The average molecular weight is 477 g/mol. The van der Waals surface area contributed by atoms with Crippen molar-refractivity contribution in [3.05, 3.63) is 75.2 Å². The molecule has 0 spiro atoms. The first-order valence-corrected chi connectivity index (χ1v) is 11.4. The van der Waals surface area contributed by atoms with E-state index in [1.54, 1.807) is 38.1 Å². The zero-order valence-corrected chi connectivity index (χ0v) is 19.4. The molecular weight excluding hydrogens is 455 g/mol. The zero-order chi connectivity index (χ0) is 22.4. The lowest BCUT2D eigenvalue weighted by Crippen LogP contribution is -2.32. The monoisotopic (exact) mass is 476 g/mol. The maximum absolute atomic E-state index is 12.7. The number of halogens is 2. The molecule has 8 heteroatoms. The molecule has 1 N–H and O–H groups in total. The number of amides is 1. The minimum Gasteiger partial charge on any atom is -0.463 e. The van der Waals surface area contributed by atoms with E-state index in [2.05, 4.69) is 10.3 Å².